The smallest absolute Gasteiger partial charge is 0.181 e. The van der Waals surface area contributed by atoms with Crippen molar-refractivity contribution in [2.75, 3.05) is 12.0 Å². The van der Waals surface area contributed by atoms with Crippen LogP contribution >= 0.6 is 11.6 Å². The van der Waals surface area contributed by atoms with Crippen LogP contribution in [0.4, 0.5) is 24.7 Å². The number of hydrogen-bond acceptors (Lipinski definition) is 5. The maximum Gasteiger partial charge on any atom is 0.181 e. The van der Waals surface area contributed by atoms with E-state index in [1.54, 1.807) is 26.0 Å². The summed E-state index contributed by atoms with van der Waals surface area (Å²) in [6.45, 7) is 2.45. The fraction of sp³-hybridized carbons (Fsp3) is 0.273. The molecule has 3 aromatic rings. The van der Waals surface area contributed by atoms with Crippen LogP contribution in [0, 0.1) is 17.6 Å². The minimum Gasteiger partial charge on any atom is -0.476 e. The second kappa shape index (κ2) is 7.92. The van der Waals surface area contributed by atoms with Crippen LogP contribution in [0.1, 0.15) is 19.4 Å². The topological polar surface area (TPSA) is 73.1 Å². The average molecular weight is 449 g/mol. The minimum atomic E-state index is -1.48. The Morgan fingerprint density at radius 1 is 1.23 bits per heavy atom. The number of aromatic nitrogens is 2. The predicted octanol–water partition coefficient (Wildman–Crippen LogP) is 5.37. The maximum atomic E-state index is 14.9. The molecule has 31 heavy (non-hydrogen) atoms. The van der Waals surface area contributed by atoms with Crippen LogP contribution in [0.3, 0.4) is 0 Å². The molecular formula is C22H20ClF3N4O. The fourth-order valence-corrected chi connectivity index (χ4v) is 4.14. The van der Waals surface area contributed by atoms with Crippen molar-refractivity contribution >= 4 is 34.0 Å². The third-order valence-electron chi connectivity index (χ3n) is 5.82. The van der Waals surface area contributed by atoms with Gasteiger partial charge in [0.15, 0.2) is 23.3 Å². The van der Waals surface area contributed by atoms with Crippen molar-refractivity contribution in [2.45, 2.75) is 25.4 Å². The van der Waals surface area contributed by atoms with Gasteiger partial charge >= 0.3 is 0 Å². The SMILES string of the molecule is CC1OC(N)=C[C@@](CF)(c2cc(Nc3nccc4cc(Cl)cnc34)cc(F)c2F)[C@@H]1C. The maximum absolute atomic E-state index is 14.9. The van der Waals surface area contributed by atoms with Gasteiger partial charge in [0.1, 0.15) is 18.3 Å². The van der Waals surface area contributed by atoms with Crippen molar-refractivity contribution in [3.8, 4) is 0 Å². The minimum absolute atomic E-state index is 0.0294. The lowest BCUT2D eigenvalue weighted by molar-refractivity contribution is 0.0235. The second-order valence-electron chi connectivity index (χ2n) is 7.66. The first-order valence-corrected chi connectivity index (χ1v) is 10.0. The molecule has 1 aliphatic rings. The number of nitrogens with zero attached hydrogens (tertiary/aromatic N) is 2. The van der Waals surface area contributed by atoms with Crippen LogP contribution in [0.25, 0.3) is 10.9 Å². The van der Waals surface area contributed by atoms with E-state index in [0.29, 0.717) is 16.4 Å². The number of allylic oxidation sites excluding steroid dienone is 1. The van der Waals surface area contributed by atoms with E-state index in [0.717, 1.165) is 11.5 Å². The number of fused-ring (bicyclic) bond motifs is 1. The zero-order valence-corrected chi connectivity index (χ0v) is 17.6. The second-order valence-corrected chi connectivity index (χ2v) is 8.10. The summed E-state index contributed by atoms with van der Waals surface area (Å²) < 4.78 is 49.4. The van der Waals surface area contributed by atoms with E-state index in [1.807, 2.05) is 0 Å². The number of hydrogen-bond donors (Lipinski definition) is 2. The Hall–Kier alpha value is -3.00. The third-order valence-corrected chi connectivity index (χ3v) is 6.02. The van der Waals surface area contributed by atoms with Crippen molar-refractivity contribution in [1.82, 2.24) is 9.97 Å². The number of anilines is 2. The number of alkyl halides is 1. The number of pyridine rings is 2. The average Bonchev–Trinajstić information content (AvgIpc) is 2.73. The monoisotopic (exact) mass is 448 g/mol. The molecule has 4 rings (SSSR count). The van der Waals surface area contributed by atoms with Crippen LogP contribution in [0.15, 0.2) is 48.6 Å². The van der Waals surface area contributed by atoms with E-state index in [-0.39, 0.29) is 17.1 Å². The summed E-state index contributed by atoms with van der Waals surface area (Å²) in [5.41, 5.74) is 4.86. The number of nitrogens with two attached hydrogens (primary N) is 1. The Morgan fingerprint density at radius 2 is 2.00 bits per heavy atom. The highest BCUT2D eigenvalue weighted by Gasteiger charge is 2.46. The van der Waals surface area contributed by atoms with Crippen LogP contribution in [-0.4, -0.2) is 22.7 Å². The first kappa shape index (κ1) is 21.2. The Morgan fingerprint density at radius 3 is 2.74 bits per heavy atom. The molecule has 0 saturated heterocycles. The van der Waals surface area contributed by atoms with Crippen molar-refractivity contribution in [1.29, 1.82) is 0 Å². The van der Waals surface area contributed by atoms with Gasteiger partial charge in [-0.1, -0.05) is 18.5 Å². The molecule has 3 N–H and O–H groups in total. The van der Waals surface area contributed by atoms with E-state index in [1.165, 1.54) is 24.5 Å². The molecule has 0 amide bonds. The summed E-state index contributed by atoms with van der Waals surface area (Å²) in [6, 6.07) is 5.80. The van der Waals surface area contributed by atoms with Gasteiger partial charge < -0.3 is 15.8 Å². The van der Waals surface area contributed by atoms with E-state index < -0.39 is 35.7 Å². The zero-order chi connectivity index (χ0) is 22.3. The Labute approximate surface area is 182 Å². The lowest BCUT2D eigenvalue weighted by Crippen LogP contribution is -2.46. The fourth-order valence-electron chi connectivity index (χ4n) is 3.97. The summed E-state index contributed by atoms with van der Waals surface area (Å²) in [7, 11) is 0. The highest BCUT2D eigenvalue weighted by molar-refractivity contribution is 6.31. The molecule has 1 aliphatic heterocycles. The van der Waals surface area contributed by atoms with Crippen LogP contribution in [-0.2, 0) is 10.2 Å². The van der Waals surface area contributed by atoms with Gasteiger partial charge in [-0.2, -0.15) is 0 Å². The molecule has 162 valence electrons. The standard InChI is InChI=1S/C22H20ClF3N4O/c1-11-12(2)31-18(27)8-22(11,10-24)16-6-15(7-17(25)19(16)26)30-21-20-13(3-4-28-21)5-14(23)9-29-20/h3-9,11-12H,10,27H2,1-2H3,(H,28,30)/t11-,12?,22+/m1/s1. The van der Waals surface area contributed by atoms with Crippen LogP contribution in [0.5, 0.6) is 0 Å². The number of ether oxygens (including phenoxy) is 1. The summed E-state index contributed by atoms with van der Waals surface area (Å²) in [5, 5.41) is 4.14. The van der Waals surface area contributed by atoms with Crippen LogP contribution < -0.4 is 11.1 Å². The summed E-state index contributed by atoms with van der Waals surface area (Å²) in [4.78, 5) is 8.51. The Kier molecular flexibility index (Phi) is 5.43. The molecule has 3 heterocycles. The molecule has 0 bridgehead atoms. The molecule has 0 fully saturated rings. The van der Waals surface area contributed by atoms with Gasteiger partial charge in [0, 0.05) is 41.0 Å². The molecular weight excluding hydrogens is 429 g/mol. The molecule has 1 unspecified atom stereocenters. The summed E-state index contributed by atoms with van der Waals surface area (Å²) >= 11 is 5.99. The molecule has 0 spiro atoms. The van der Waals surface area contributed by atoms with Gasteiger partial charge in [-0.15, -0.1) is 0 Å². The van der Waals surface area contributed by atoms with E-state index in [9.17, 15) is 13.2 Å². The Balaban J connectivity index is 1.84. The largest absolute Gasteiger partial charge is 0.476 e. The van der Waals surface area contributed by atoms with Gasteiger partial charge in [0.2, 0.25) is 0 Å². The molecule has 5 nitrogen and oxygen atoms in total. The van der Waals surface area contributed by atoms with Gasteiger partial charge in [-0.3, -0.25) is 4.98 Å². The first-order valence-electron chi connectivity index (χ1n) is 9.63. The Bertz CT molecular complexity index is 1190. The van der Waals surface area contributed by atoms with Crippen LogP contribution in [0.2, 0.25) is 5.02 Å². The van der Waals surface area contributed by atoms with Gasteiger partial charge in [0.05, 0.1) is 10.4 Å². The quantitative estimate of drug-likeness (QED) is 0.561. The number of halogens is 4. The van der Waals surface area contributed by atoms with Crippen molar-refractivity contribution in [3.05, 3.63) is 70.8 Å². The zero-order valence-electron chi connectivity index (χ0n) is 16.8. The lowest BCUT2D eigenvalue weighted by atomic mass is 9.68. The van der Waals surface area contributed by atoms with Crippen molar-refractivity contribution in [2.24, 2.45) is 11.7 Å². The van der Waals surface area contributed by atoms with Gasteiger partial charge in [-0.25, -0.2) is 18.2 Å². The first-order chi connectivity index (χ1) is 14.7. The van der Waals surface area contributed by atoms with E-state index in [4.69, 9.17) is 22.1 Å². The van der Waals surface area contributed by atoms with E-state index >= 15 is 0 Å². The van der Waals surface area contributed by atoms with Crippen molar-refractivity contribution in [3.63, 3.8) is 0 Å². The highest BCUT2D eigenvalue weighted by Crippen LogP contribution is 2.44. The van der Waals surface area contributed by atoms with Crippen molar-refractivity contribution < 1.29 is 17.9 Å². The number of nitrogens with one attached hydrogen (secondary N) is 1. The molecule has 0 radical (unpaired) electrons. The molecule has 0 saturated carbocycles. The molecule has 0 aliphatic carbocycles. The highest BCUT2D eigenvalue weighted by atomic mass is 35.5. The van der Waals surface area contributed by atoms with Gasteiger partial charge in [0.25, 0.3) is 0 Å². The molecule has 3 atom stereocenters. The number of benzene rings is 1. The lowest BCUT2D eigenvalue weighted by Gasteiger charge is -2.42. The number of rotatable bonds is 4. The summed E-state index contributed by atoms with van der Waals surface area (Å²) in [6.07, 6.45) is 3.83. The molecule has 2 aromatic heterocycles. The predicted molar refractivity (Wildman–Crippen MR) is 114 cm³/mol. The van der Waals surface area contributed by atoms with Gasteiger partial charge in [-0.05, 0) is 31.2 Å². The molecule has 1 aromatic carbocycles. The summed E-state index contributed by atoms with van der Waals surface area (Å²) in [5.74, 6) is -2.47. The third kappa shape index (κ3) is 3.65. The van der Waals surface area contributed by atoms with E-state index in [2.05, 4.69) is 15.3 Å². The normalized spacial score (nSPS) is 23.4. The molecule has 9 heteroatoms.